The predicted molar refractivity (Wildman–Crippen MR) is 99.3 cm³/mol. The lowest BCUT2D eigenvalue weighted by molar-refractivity contribution is -0.117. The molecule has 3 rings (SSSR count). The van der Waals surface area contributed by atoms with E-state index >= 15 is 0 Å². The second-order valence-corrected chi connectivity index (χ2v) is 7.52. The summed E-state index contributed by atoms with van der Waals surface area (Å²) in [5.74, 6) is 0.506. The van der Waals surface area contributed by atoms with Crippen molar-refractivity contribution in [1.82, 2.24) is 0 Å². The van der Waals surface area contributed by atoms with E-state index in [-0.39, 0.29) is 23.4 Å². The molecule has 0 spiro atoms. The summed E-state index contributed by atoms with van der Waals surface area (Å²) in [6, 6.07) is 12.4. The van der Waals surface area contributed by atoms with E-state index in [2.05, 4.69) is 5.32 Å². The van der Waals surface area contributed by atoms with Crippen LogP contribution in [0.3, 0.4) is 0 Å². The van der Waals surface area contributed by atoms with E-state index in [4.69, 9.17) is 23.2 Å². The zero-order valence-electron chi connectivity index (χ0n) is 12.7. The van der Waals surface area contributed by atoms with Gasteiger partial charge in [-0.1, -0.05) is 23.2 Å². The normalized spacial score (nSPS) is 13.6. The molecule has 0 aliphatic heterocycles. The molecular weight excluding hydrogens is 365 g/mol. The Morgan fingerprint density at radius 1 is 1.08 bits per heavy atom. The van der Waals surface area contributed by atoms with Crippen molar-refractivity contribution < 1.29 is 9.59 Å². The van der Waals surface area contributed by atoms with E-state index in [1.54, 1.807) is 18.2 Å². The maximum Gasteiger partial charge on any atom is 0.227 e. The van der Waals surface area contributed by atoms with E-state index in [1.807, 2.05) is 24.3 Å². The zero-order valence-corrected chi connectivity index (χ0v) is 15.0. The van der Waals surface area contributed by atoms with Gasteiger partial charge in [-0.15, -0.1) is 11.8 Å². The molecule has 24 heavy (non-hydrogen) atoms. The Bertz CT molecular complexity index is 773. The number of hydrogen-bond acceptors (Lipinski definition) is 3. The van der Waals surface area contributed by atoms with E-state index in [0.29, 0.717) is 15.6 Å². The van der Waals surface area contributed by atoms with Crippen LogP contribution < -0.4 is 5.32 Å². The van der Waals surface area contributed by atoms with Crippen molar-refractivity contribution in [1.29, 1.82) is 0 Å². The summed E-state index contributed by atoms with van der Waals surface area (Å²) in [4.78, 5) is 24.9. The molecule has 0 aromatic heterocycles. The van der Waals surface area contributed by atoms with Crippen molar-refractivity contribution in [2.45, 2.75) is 17.7 Å². The molecule has 124 valence electrons. The van der Waals surface area contributed by atoms with E-state index in [9.17, 15) is 9.59 Å². The van der Waals surface area contributed by atoms with Gasteiger partial charge in [-0.25, -0.2) is 0 Å². The first kappa shape index (κ1) is 17.3. The molecule has 0 atom stereocenters. The molecule has 6 heteroatoms. The Morgan fingerprint density at radius 2 is 1.79 bits per heavy atom. The molecule has 0 bridgehead atoms. The number of halogens is 2. The lowest BCUT2D eigenvalue weighted by Gasteiger charge is -2.06. The predicted octanol–water partition coefficient (Wildman–Crippen LogP) is 5.32. The van der Waals surface area contributed by atoms with Crippen LogP contribution >= 0.6 is 35.0 Å². The highest BCUT2D eigenvalue weighted by molar-refractivity contribution is 8.00. The molecule has 1 aliphatic rings. The summed E-state index contributed by atoms with van der Waals surface area (Å²) in [6.45, 7) is 0. The Kier molecular flexibility index (Phi) is 5.49. The number of Topliss-reactive ketones (excluding diaryl/α,β-unsaturated/α-hetero) is 1. The van der Waals surface area contributed by atoms with Crippen LogP contribution in [-0.4, -0.2) is 17.4 Å². The van der Waals surface area contributed by atoms with Crippen LogP contribution in [0.25, 0.3) is 0 Å². The molecule has 2 aromatic carbocycles. The van der Waals surface area contributed by atoms with Gasteiger partial charge in [0, 0.05) is 27.1 Å². The maximum atomic E-state index is 12.2. The molecule has 0 heterocycles. The number of benzene rings is 2. The quantitative estimate of drug-likeness (QED) is 0.545. The molecule has 1 amide bonds. The number of ketones is 1. The van der Waals surface area contributed by atoms with Crippen LogP contribution in [0.1, 0.15) is 23.2 Å². The van der Waals surface area contributed by atoms with Crippen molar-refractivity contribution in [3.05, 3.63) is 58.1 Å². The number of rotatable bonds is 6. The van der Waals surface area contributed by atoms with Crippen LogP contribution in [-0.2, 0) is 4.79 Å². The monoisotopic (exact) mass is 379 g/mol. The van der Waals surface area contributed by atoms with Crippen LogP contribution in [0.15, 0.2) is 47.4 Å². The maximum absolute atomic E-state index is 12.2. The number of thioether (sulfide) groups is 1. The lowest BCUT2D eigenvalue weighted by Crippen LogP contribution is -2.12. The van der Waals surface area contributed by atoms with Crippen molar-refractivity contribution in [3.63, 3.8) is 0 Å². The van der Waals surface area contributed by atoms with E-state index in [0.717, 1.165) is 23.4 Å². The molecule has 0 saturated heterocycles. The molecule has 2 aromatic rings. The highest BCUT2D eigenvalue weighted by Gasteiger charge is 2.29. The second-order valence-electron chi connectivity index (χ2n) is 5.62. The molecule has 1 N–H and O–H groups in total. The van der Waals surface area contributed by atoms with Gasteiger partial charge >= 0.3 is 0 Å². The minimum absolute atomic E-state index is 0.0484. The minimum Gasteiger partial charge on any atom is -0.326 e. The molecule has 0 radical (unpaired) electrons. The molecular formula is C18H15Cl2NO2S. The summed E-state index contributed by atoms with van der Waals surface area (Å²) in [7, 11) is 0. The van der Waals surface area contributed by atoms with Crippen LogP contribution in [0, 0.1) is 5.92 Å². The van der Waals surface area contributed by atoms with Crippen molar-refractivity contribution in [3.8, 4) is 0 Å². The Balaban J connectivity index is 1.56. The van der Waals surface area contributed by atoms with Gasteiger partial charge in [0.1, 0.15) is 0 Å². The number of nitrogens with one attached hydrogen (secondary N) is 1. The summed E-state index contributed by atoms with van der Waals surface area (Å²) in [5.41, 5.74) is 1.25. The molecule has 1 saturated carbocycles. The number of amides is 1. The van der Waals surface area contributed by atoms with Crippen molar-refractivity contribution in [2.24, 2.45) is 5.92 Å². The Morgan fingerprint density at radius 3 is 2.42 bits per heavy atom. The number of carbonyl (C=O) groups excluding carboxylic acids is 2. The topological polar surface area (TPSA) is 46.2 Å². The first-order chi connectivity index (χ1) is 11.5. The van der Waals surface area contributed by atoms with Gasteiger partial charge in [-0.2, -0.15) is 0 Å². The van der Waals surface area contributed by atoms with Crippen LogP contribution in [0.4, 0.5) is 5.69 Å². The largest absolute Gasteiger partial charge is 0.326 e. The van der Waals surface area contributed by atoms with Gasteiger partial charge in [-0.3, -0.25) is 9.59 Å². The third kappa shape index (κ3) is 4.53. The van der Waals surface area contributed by atoms with Gasteiger partial charge in [-0.05, 0) is 55.3 Å². The second kappa shape index (κ2) is 7.60. The molecule has 1 aliphatic carbocycles. The zero-order chi connectivity index (χ0) is 17.1. The first-order valence-electron chi connectivity index (χ1n) is 7.55. The highest BCUT2D eigenvalue weighted by Crippen LogP contribution is 2.30. The third-order valence-electron chi connectivity index (χ3n) is 3.67. The first-order valence-corrected chi connectivity index (χ1v) is 9.29. The van der Waals surface area contributed by atoms with E-state index in [1.165, 1.54) is 11.8 Å². The average molecular weight is 380 g/mol. The summed E-state index contributed by atoms with van der Waals surface area (Å²) >= 11 is 13.3. The van der Waals surface area contributed by atoms with Gasteiger partial charge in [0.25, 0.3) is 0 Å². The van der Waals surface area contributed by atoms with Crippen LogP contribution in [0.2, 0.25) is 10.0 Å². The number of carbonyl (C=O) groups is 2. The summed E-state index contributed by atoms with van der Waals surface area (Å²) in [6.07, 6.45) is 1.96. The standard InChI is InChI=1S/C18H15Cl2NO2S/c19-12-3-8-15(16(20)9-12)17(22)10-24-14-6-4-13(5-7-14)21-18(23)11-1-2-11/h3-9,11H,1-2,10H2,(H,21,23). The van der Waals surface area contributed by atoms with Gasteiger partial charge < -0.3 is 5.32 Å². The highest BCUT2D eigenvalue weighted by atomic mass is 35.5. The van der Waals surface area contributed by atoms with Crippen LogP contribution in [0.5, 0.6) is 0 Å². The molecule has 0 unspecified atom stereocenters. The van der Waals surface area contributed by atoms with E-state index < -0.39 is 0 Å². The van der Waals surface area contributed by atoms with Gasteiger partial charge in [0.05, 0.1) is 10.8 Å². The van der Waals surface area contributed by atoms with Gasteiger partial charge in [0.2, 0.25) is 5.91 Å². The fourth-order valence-corrected chi connectivity index (χ4v) is 3.46. The SMILES string of the molecule is O=C(CSc1ccc(NC(=O)C2CC2)cc1)c1ccc(Cl)cc1Cl. The number of anilines is 1. The van der Waals surface area contributed by atoms with Gasteiger partial charge in [0.15, 0.2) is 5.78 Å². The smallest absolute Gasteiger partial charge is 0.227 e. The Labute approximate surface area is 154 Å². The summed E-state index contributed by atoms with van der Waals surface area (Å²) < 4.78 is 0. The lowest BCUT2D eigenvalue weighted by atomic mass is 10.1. The Hall–Kier alpha value is -1.49. The minimum atomic E-state index is -0.0484. The summed E-state index contributed by atoms with van der Waals surface area (Å²) in [5, 5.41) is 3.76. The average Bonchev–Trinajstić information content (AvgIpc) is 3.39. The van der Waals surface area contributed by atoms with Crippen molar-refractivity contribution >= 4 is 52.3 Å². The van der Waals surface area contributed by atoms with Crippen molar-refractivity contribution in [2.75, 3.05) is 11.1 Å². The number of hydrogen-bond donors (Lipinski definition) is 1. The fourth-order valence-electron chi connectivity index (χ4n) is 2.17. The third-order valence-corrected chi connectivity index (χ3v) is 5.23. The fraction of sp³-hybridized carbons (Fsp3) is 0.222. The molecule has 3 nitrogen and oxygen atoms in total. The molecule has 1 fully saturated rings.